The van der Waals surface area contributed by atoms with Crippen molar-refractivity contribution in [1.82, 2.24) is 9.97 Å². The molecule has 3 heteroatoms. The number of rotatable bonds is 2. The summed E-state index contributed by atoms with van der Waals surface area (Å²) in [6, 6.07) is 18.9. The summed E-state index contributed by atoms with van der Waals surface area (Å²) in [7, 11) is 0. The van der Waals surface area contributed by atoms with Crippen molar-refractivity contribution in [3.05, 3.63) is 66.2 Å². The maximum Gasteiger partial charge on any atom is 0.140 e. The topological polar surface area (TPSA) is 28.7 Å². The Balaban J connectivity index is 2.09. The van der Waals surface area contributed by atoms with Crippen molar-refractivity contribution in [3.63, 3.8) is 0 Å². The normalized spacial score (nSPS) is 11.0. The van der Waals surface area contributed by atoms with Crippen molar-refractivity contribution in [3.8, 4) is 21.8 Å². The number of nitrogens with one attached hydrogen (secondary N) is 1. The molecule has 2 nitrogen and oxygen atoms in total. The van der Waals surface area contributed by atoms with E-state index in [-0.39, 0.29) is 0 Å². The Morgan fingerprint density at radius 1 is 0.900 bits per heavy atom. The number of nitrogens with zero attached hydrogens (tertiary/aromatic N) is 1. The third kappa shape index (κ3) is 1.75. The highest BCUT2D eigenvalue weighted by molar-refractivity contribution is 7.13. The molecule has 20 heavy (non-hydrogen) atoms. The number of benzene rings is 2. The Kier molecular flexibility index (Phi) is 2.64. The molecule has 0 saturated carbocycles. The molecule has 1 N–H and O–H groups in total. The molecule has 0 fully saturated rings. The summed E-state index contributed by atoms with van der Waals surface area (Å²) in [5.74, 6) is 0. The molecule has 0 saturated heterocycles. The van der Waals surface area contributed by atoms with Gasteiger partial charge in [-0.3, -0.25) is 0 Å². The van der Waals surface area contributed by atoms with Gasteiger partial charge in [-0.2, -0.15) is 0 Å². The molecule has 0 unspecified atom stereocenters. The standard InChI is InChI=1S/C17H12N2S/c1-2-6-12(7-3-1)15-13-8-4-5-9-14(13)19-16(15)17-18-10-11-20-17/h1-11,19H. The fourth-order valence-electron chi connectivity index (χ4n) is 2.55. The molecule has 0 aliphatic rings. The molecule has 0 radical (unpaired) electrons. The SMILES string of the molecule is c1ccc(-c2c(-c3nccs3)[nH]c3ccccc23)cc1. The zero-order chi connectivity index (χ0) is 13.4. The van der Waals surface area contributed by atoms with Gasteiger partial charge in [0.05, 0.1) is 5.69 Å². The predicted molar refractivity (Wildman–Crippen MR) is 84.8 cm³/mol. The van der Waals surface area contributed by atoms with E-state index in [0.717, 1.165) is 16.2 Å². The van der Waals surface area contributed by atoms with Gasteiger partial charge in [0.25, 0.3) is 0 Å². The Labute approximate surface area is 120 Å². The maximum absolute atomic E-state index is 4.46. The largest absolute Gasteiger partial charge is 0.352 e. The van der Waals surface area contributed by atoms with Crippen molar-refractivity contribution >= 4 is 22.2 Å². The molecule has 2 heterocycles. The lowest BCUT2D eigenvalue weighted by Crippen LogP contribution is -1.81. The second kappa shape index (κ2) is 4.62. The van der Waals surface area contributed by atoms with Gasteiger partial charge in [0.15, 0.2) is 0 Å². The van der Waals surface area contributed by atoms with E-state index in [1.807, 2.05) is 17.6 Å². The Morgan fingerprint density at radius 3 is 2.50 bits per heavy atom. The fraction of sp³-hybridized carbons (Fsp3) is 0. The first-order valence-corrected chi connectivity index (χ1v) is 7.37. The molecule has 0 bridgehead atoms. The molecule has 0 atom stereocenters. The first kappa shape index (κ1) is 11.4. The van der Waals surface area contributed by atoms with Crippen molar-refractivity contribution < 1.29 is 0 Å². The van der Waals surface area contributed by atoms with Crippen molar-refractivity contribution in [1.29, 1.82) is 0 Å². The second-order valence-electron chi connectivity index (χ2n) is 4.62. The lowest BCUT2D eigenvalue weighted by molar-refractivity contribution is 1.36. The van der Waals surface area contributed by atoms with Crippen molar-refractivity contribution in [2.24, 2.45) is 0 Å². The van der Waals surface area contributed by atoms with Crippen LogP contribution in [0.1, 0.15) is 0 Å². The Hall–Kier alpha value is -2.39. The molecule has 0 amide bonds. The van der Waals surface area contributed by atoms with E-state index >= 15 is 0 Å². The zero-order valence-corrected chi connectivity index (χ0v) is 11.5. The van der Waals surface area contributed by atoms with E-state index in [4.69, 9.17) is 0 Å². The highest BCUT2D eigenvalue weighted by atomic mass is 32.1. The maximum atomic E-state index is 4.46. The average Bonchev–Trinajstić information content (AvgIpc) is 3.15. The van der Waals surface area contributed by atoms with Crippen LogP contribution in [0.4, 0.5) is 0 Å². The van der Waals surface area contributed by atoms with Crippen LogP contribution >= 0.6 is 11.3 Å². The molecule has 2 aromatic heterocycles. The van der Waals surface area contributed by atoms with Gasteiger partial charge in [-0.25, -0.2) is 4.98 Å². The smallest absolute Gasteiger partial charge is 0.140 e. The van der Waals surface area contributed by atoms with Crippen LogP contribution in [0, 0.1) is 0 Å². The summed E-state index contributed by atoms with van der Waals surface area (Å²) in [5, 5.41) is 4.28. The summed E-state index contributed by atoms with van der Waals surface area (Å²) < 4.78 is 0. The van der Waals surface area contributed by atoms with Crippen molar-refractivity contribution in [2.75, 3.05) is 0 Å². The highest BCUT2D eigenvalue weighted by Crippen LogP contribution is 2.38. The lowest BCUT2D eigenvalue weighted by atomic mass is 10.0. The number of aromatic nitrogens is 2. The Bertz CT molecular complexity index is 845. The number of hydrogen-bond acceptors (Lipinski definition) is 2. The van der Waals surface area contributed by atoms with Gasteiger partial charge >= 0.3 is 0 Å². The van der Waals surface area contributed by atoms with Crippen LogP contribution in [0.25, 0.3) is 32.7 Å². The van der Waals surface area contributed by atoms with Gasteiger partial charge < -0.3 is 4.98 Å². The van der Waals surface area contributed by atoms with E-state index in [1.54, 1.807) is 11.3 Å². The first-order valence-electron chi connectivity index (χ1n) is 6.49. The van der Waals surface area contributed by atoms with Crippen molar-refractivity contribution in [2.45, 2.75) is 0 Å². The number of thiazole rings is 1. The van der Waals surface area contributed by atoms with Crippen LogP contribution in [0.15, 0.2) is 66.2 Å². The molecule has 0 spiro atoms. The van der Waals surface area contributed by atoms with Gasteiger partial charge in [0.1, 0.15) is 5.01 Å². The number of H-pyrrole nitrogens is 1. The zero-order valence-electron chi connectivity index (χ0n) is 10.7. The number of hydrogen-bond donors (Lipinski definition) is 1. The predicted octanol–water partition coefficient (Wildman–Crippen LogP) is 4.96. The number of fused-ring (bicyclic) bond motifs is 1. The van der Waals surface area contributed by atoms with E-state index in [1.165, 1.54) is 16.5 Å². The Morgan fingerprint density at radius 2 is 1.70 bits per heavy atom. The monoisotopic (exact) mass is 276 g/mol. The summed E-state index contributed by atoms with van der Waals surface area (Å²) in [5.41, 5.74) is 4.70. The quantitative estimate of drug-likeness (QED) is 0.551. The molecule has 96 valence electrons. The van der Waals surface area contributed by atoms with Gasteiger partial charge in [0.2, 0.25) is 0 Å². The first-order chi connectivity index (χ1) is 9.93. The molecule has 2 aromatic carbocycles. The summed E-state index contributed by atoms with van der Waals surface area (Å²) >= 11 is 1.66. The van der Waals surface area contributed by atoms with Crippen LogP contribution < -0.4 is 0 Å². The van der Waals surface area contributed by atoms with Crippen LogP contribution in [0.5, 0.6) is 0 Å². The van der Waals surface area contributed by atoms with E-state index < -0.39 is 0 Å². The molecular weight excluding hydrogens is 264 g/mol. The molecule has 4 aromatic rings. The summed E-state index contributed by atoms with van der Waals surface area (Å²) in [4.78, 5) is 7.97. The lowest BCUT2D eigenvalue weighted by Gasteiger charge is -2.02. The minimum Gasteiger partial charge on any atom is -0.352 e. The van der Waals surface area contributed by atoms with E-state index in [2.05, 4.69) is 58.5 Å². The molecule has 4 rings (SSSR count). The fourth-order valence-corrected chi connectivity index (χ4v) is 3.20. The summed E-state index contributed by atoms with van der Waals surface area (Å²) in [6.45, 7) is 0. The number of para-hydroxylation sites is 1. The molecule has 0 aliphatic heterocycles. The second-order valence-corrected chi connectivity index (χ2v) is 5.52. The van der Waals surface area contributed by atoms with Gasteiger partial charge in [-0.15, -0.1) is 11.3 Å². The highest BCUT2D eigenvalue weighted by Gasteiger charge is 2.15. The molecular formula is C17H12N2S. The van der Waals surface area contributed by atoms with Crippen LogP contribution in [0.3, 0.4) is 0 Å². The molecule has 0 aliphatic carbocycles. The minimum atomic E-state index is 1.03. The van der Waals surface area contributed by atoms with E-state index in [9.17, 15) is 0 Å². The summed E-state index contributed by atoms with van der Waals surface area (Å²) in [6.07, 6.45) is 1.85. The van der Waals surface area contributed by atoms with Crippen LogP contribution in [0.2, 0.25) is 0 Å². The third-order valence-electron chi connectivity index (χ3n) is 3.41. The third-order valence-corrected chi connectivity index (χ3v) is 4.21. The number of aromatic amines is 1. The minimum absolute atomic E-state index is 1.03. The van der Waals surface area contributed by atoms with Crippen LogP contribution in [-0.2, 0) is 0 Å². The van der Waals surface area contributed by atoms with Crippen LogP contribution in [-0.4, -0.2) is 9.97 Å². The van der Waals surface area contributed by atoms with E-state index in [0.29, 0.717) is 0 Å². The van der Waals surface area contributed by atoms with Gasteiger partial charge in [-0.05, 0) is 11.6 Å². The average molecular weight is 276 g/mol. The van der Waals surface area contributed by atoms with Gasteiger partial charge in [0, 0.05) is 28.0 Å². The van der Waals surface area contributed by atoms with Gasteiger partial charge in [-0.1, -0.05) is 48.5 Å².